The predicted molar refractivity (Wildman–Crippen MR) is 74.7 cm³/mol. The van der Waals surface area contributed by atoms with Crippen molar-refractivity contribution in [3.63, 3.8) is 0 Å². The van der Waals surface area contributed by atoms with Gasteiger partial charge < -0.3 is 9.73 Å². The van der Waals surface area contributed by atoms with Crippen LogP contribution < -0.4 is 5.32 Å². The van der Waals surface area contributed by atoms with Gasteiger partial charge >= 0.3 is 6.18 Å². The summed E-state index contributed by atoms with van der Waals surface area (Å²) in [6.07, 6.45) is -2.01. The van der Waals surface area contributed by atoms with E-state index in [1.54, 1.807) is 6.26 Å². The highest BCUT2D eigenvalue weighted by molar-refractivity contribution is 5.17. The Morgan fingerprint density at radius 1 is 1.33 bits per heavy atom. The molecule has 1 N–H and O–H groups in total. The van der Waals surface area contributed by atoms with Gasteiger partial charge in [-0.05, 0) is 32.0 Å². The molecule has 1 aromatic heterocycles. The van der Waals surface area contributed by atoms with E-state index in [1.165, 1.54) is 0 Å². The molecule has 0 saturated carbocycles. The van der Waals surface area contributed by atoms with Crippen LogP contribution in [0.4, 0.5) is 13.2 Å². The SMILES string of the molecule is CC(C)NCc1occc1CN1CCC(C(F)(F)F)CC1. The minimum Gasteiger partial charge on any atom is -0.468 e. The zero-order valence-corrected chi connectivity index (χ0v) is 12.5. The third-order valence-electron chi connectivity index (χ3n) is 3.95. The lowest BCUT2D eigenvalue weighted by Gasteiger charge is -2.32. The van der Waals surface area contributed by atoms with E-state index in [-0.39, 0.29) is 12.8 Å². The van der Waals surface area contributed by atoms with Crippen molar-refractivity contribution in [1.82, 2.24) is 10.2 Å². The largest absolute Gasteiger partial charge is 0.468 e. The average Bonchev–Trinajstić information content (AvgIpc) is 2.83. The van der Waals surface area contributed by atoms with Crippen molar-refractivity contribution in [3.05, 3.63) is 23.7 Å². The molecule has 0 unspecified atom stereocenters. The van der Waals surface area contributed by atoms with Crippen molar-refractivity contribution in [2.24, 2.45) is 5.92 Å². The number of hydrogen-bond acceptors (Lipinski definition) is 3. The highest BCUT2D eigenvalue weighted by Gasteiger charge is 2.41. The second kappa shape index (κ2) is 6.83. The summed E-state index contributed by atoms with van der Waals surface area (Å²) < 4.78 is 43.4. The first-order valence-electron chi connectivity index (χ1n) is 7.44. The number of likely N-dealkylation sites (tertiary alicyclic amines) is 1. The lowest BCUT2D eigenvalue weighted by Crippen LogP contribution is -2.38. The molecular weight excluding hydrogens is 281 g/mol. The summed E-state index contributed by atoms with van der Waals surface area (Å²) in [5.74, 6) is -0.262. The molecule has 0 amide bonds. The molecule has 21 heavy (non-hydrogen) atoms. The molecule has 2 rings (SSSR count). The van der Waals surface area contributed by atoms with Gasteiger partial charge in [-0.1, -0.05) is 13.8 Å². The van der Waals surface area contributed by atoms with Gasteiger partial charge in [0.05, 0.1) is 18.7 Å². The minimum atomic E-state index is -4.05. The normalized spacial score (nSPS) is 18.6. The number of alkyl halides is 3. The van der Waals surface area contributed by atoms with Crippen molar-refractivity contribution in [2.45, 2.75) is 52.0 Å². The summed E-state index contributed by atoms with van der Waals surface area (Å²) in [6, 6.07) is 2.28. The zero-order chi connectivity index (χ0) is 15.5. The Labute approximate surface area is 123 Å². The highest BCUT2D eigenvalue weighted by atomic mass is 19.4. The van der Waals surface area contributed by atoms with Crippen LogP contribution in [0.25, 0.3) is 0 Å². The maximum atomic E-state index is 12.6. The Morgan fingerprint density at radius 3 is 2.57 bits per heavy atom. The van der Waals surface area contributed by atoms with Crippen molar-refractivity contribution >= 4 is 0 Å². The van der Waals surface area contributed by atoms with E-state index < -0.39 is 12.1 Å². The summed E-state index contributed by atoms with van der Waals surface area (Å²) in [7, 11) is 0. The van der Waals surface area contributed by atoms with Crippen LogP contribution in [0.3, 0.4) is 0 Å². The van der Waals surface area contributed by atoms with E-state index in [9.17, 15) is 13.2 Å². The first-order valence-corrected chi connectivity index (χ1v) is 7.44. The van der Waals surface area contributed by atoms with Crippen LogP contribution in [-0.4, -0.2) is 30.2 Å². The Balaban J connectivity index is 1.85. The van der Waals surface area contributed by atoms with Crippen LogP contribution in [0.1, 0.15) is 38.0 Å². The van der Waals surface area contributed by atoms with E-state index in [2.05, 4.69) is 24.1 Å². The number of hydrogen-bond donors (Lipinski definition) is 1. The third kappa shape index (κ3) is 4.74. The maximum absolute atomic E-state index is 12.6. The molecule has 1 fully saturated rings. The van der Waals surface area contributed by atoms with Gasteiger partial charge in [-0.3, -0.25) is 4.90 Å². The fourth-order valence-electron chi connectivity index (χ4n) is 2.62. The zero-order valence-electron chi connectivity index (χ0n) is 12.5. The highest BCUT2D eigenvalue weighted by Crippen LogP contribution is 2.34. The third-order valence-corrected chi connectivity index (χ3v) is 3.95. The van der Waals surface area contributed by atoms with Crippen LogP contribution in [0.5, 0.6) is 0 Å². The fourth-order valence-corrected chi connectivity index (χ4v) is 2.62. The molecule has 1 aliphatic rings. The van der Waals surface area contributed by atoms with Crippen molar-refractivity contribution in [3.8, 4) is 0 Å². The molecule has 2 heterocycles. The van der Waals surface area contributed by atoms with Crippen molar-refractivity contribution < 1.29 is 17.6 Å². The quantitative estimate of drug-likeness (QED) is 0.902. The molecule has 1 saturated heterocycles. The van der Waals surface area contributed by atoms with Crippen LogP contribution in [0.15, 0.2) is 16.7 Å². The van der Waals surface area contributed by atoms with E-state index in [1.807, 2.05) is 6.07 Å². The molecule has 3 nitrogen and oxygen atoms in total. The van der Waals surface area contributed by atoms with E-state index in [0.29, 0.717) is 32.2 Å². The van der Waals surface area contributed by atoms with Gasteiger partial charge in [0.15, 0.2) is 0 Å². The fraction of sp³-hybridized carbons (Fsp3) is 0.733. The molecule has 1 aromatic rings. The molecule has 120 valence electrons. The molecule has 1 aliphatic heterocycles. The second-order valence-electron chi connectivity index (χ2n) is 6.00. The number of piperidine rings is 1. The monoisotopic (exact) mass is 304 g/mol. The van der Waals surface area contributed by atoms with Crippen LogP contribution >= 0.6 is 0 Å². The molecule has 0 aromatic carbocycles. The lowest BCUT2D eigenvalue weighted by atomic mass is 9.96. The number of nitrogens with one attached hydrogen (secondary N) is 1. The van der Waals surface area contributed by atoms with E-state index in [0.717, 1.165) is 11.3 Å². The summed E-state index contributed by atoms with van der Waals surface area (Å²) in [6.45, 7) is 6.42. The lowest BCUT2D eigenvalue weighted by molar-refractivity contribution is -0.185. The Bertz CT molecular complexity index is 434. The second-order valence-corrected chi connectivity index (χ2v) is 6.00. The molecule has 0 bridgehead atoms. The topological polar surface area (TPSA) is 28.4 Å². The van der Waals surface area contributed by atoms with Crippen LogP contribution in [0, 0.1) is 5.92 Å². The molecule has 0 atom stereocenters. The Morgan fingerprint density at radius 2 is 2.00 bits per heavy atom. The van der Waals surface area contributed by atoms with Crippen molar-refractivity contribution in [2.75, 3.05) is 13.1 Å². The van der Waals surface area contributed by atoms with Crippen LogP contribution in [0.2, 0.25) is 0 Å². The Hall–Kier alpha value is -1.01. The number of halogens is 3. The van der Waals surface area contributed by atoms with E-state index in [4.69, 9.17) is 4.42 Å². The number of nitrogens with zero attached hydrogens (tertiary/aromatic N) is 1. The standard InChI is InChI=1S/C15H23F3N2O/c1-11(2)19-9-14-12(5-8-21-14)10-20-6-3-13(4-7-20)15(16,17)18/h5,8,11,13,19H,3-4,6-7,9-10H2,1-2H3. The van der Waals surface area contributed by atoms with Crippen LogP contribution in [-0.2, 0) is 13.1 Å². The van der Waals surface area contributed by atoms with Gasteiger partial charge in [0.2, 0.25) is 0 Å². The van der Waals surface area contributed by atoms with Gasteiger partial charge in [0.1, 0.15) is 5.76 Å². The van der Waals surface area contributed by atoms with Crippen molar-refractivity contribution in [1.29, 1.82) is 0 Å². The van der Waals surface area contributed by atoms with E-state index >= 15 is 0 Å². The van der Waals surface area contributed by atoms with Gasteiger partial charge in [-0.15, -0.1) is 0 Å². The predicted octanol–water partition coefficient (Wildman–Crippen LogP) is 3.55. The minimum absolute atomic E-state index is 0.195. The van der Waals surface area contributed by atoms with Gasteiger partial charge in [0.25, 0.3) is 0 Å². The smallest absolute Gasteiger partial charge is 0.391 e. The van der Waals surface area contributed by atoms with Gasteiger partial charge in [-0.25, -0.2) is 0 Å². The molecule has 0 spiro atoms. The maximum Gasteiger partial charge on any atom is 0.391 e. The number of furan rings is 1. The summed E-state index contributed by atoms with van der Waals surface area (Å²) in [5, 5.41) is 3.29. The first kappa shape index (κ1) is 16.4. The van der Waals surface area contributed by atoms with Gasteiger partial charge in [-0.2, -0.15) is 13.2 Å². The summed E-state index contributed by atoms with van der Waals surface area (Å²) in [5.41, 5.74) is 1.06. The molecular formula is C15H23F3N2O. The van der Waals surface area contributed by atoms with Gasteiger partial charge in [0, 0.05) is 18.2 Å². The molecule has 0 radical (unpaired) electrons. The summed E-state index contributed by atoms with van der Waals surface area (Å²) >= 11 is 0. The average molecular weight is 304 g/mol. The molecule has 6 heteroatoms. The number of rotatable bonds is 5. The summed E-state index contributed by atoms with van der Waals surface area (Å²) in [4.78, 5) is 2.08. The Kier molecular flexibility index (Phi) is 5.32. The molecule has 0 aliphatic carbocycles. The first-order chi connectivity index (χ1) is 9.86.